The van der Waals surface area contributed by atoms with Crippen LogP contribution in [-0.2, 0) is 16.1 Å². The maximum atomic E-state index is 11.3. The molecule has 0 unspecified atom stereocenters. The summed E-state index contributed by atoms with van der Waals surface area (Å²) in [6.07, 6.45) is -0.0389. The van der Waals surface area contributed by atoms with Crippen LogP contribution in [0.25, 0.3) is 0 Å². The van der Waals surface area contributed by atoms with Gasteiger partial charge in [0.15, 0.2) is 0 Å². The van der Waals surface area contributed by atoms with Crippen molar-refractivity contribution in [1.29, 1.82) is 0 Å². The molecule has 5 heteroatoms. The van der Waals surface area contributed by atoms with Crippen LogP contribution >= 0.6 is 0 Å². The largest absolute Gasteiger partial charge is 0.445 e. The lowest BCUT2D eigenvalue weighted by Gasteiger charge is -2.07. The topological polar surface area (TPSA) is 67.4 Å². The Morgan fingerprint density at radius 1 is 1.11 bits per heavy atom. The third-order valence-electron chi connectivity index (χ3n) is 2.25. The lowest BCUT2D eigenvalue weighted by Crippen LogP contribution is -2.34. The van der Waals surface area contributed by atoms with E-state index in [2.05, 4.69) is 10.6 Å². The molecule has 1 aromatic rings. The van der Waals surface area contributed by atoms with Crippen molar-refractivity contribution < 1.29 is 14.3 Å². The number of rotatable bonds is 6. The summed E-state index contributed by atoms with van der Waals surface area (Å²) in [4.78, 5) is 22.2. The molecule has 1 rings (SSSR count). The third-order valence-corrected chi connectivity index (χ3v) is 2.25. The number of carbonyl (C=O) groups is 2. The predicted molar refractivity (Wildman–Crippen MR) is 67.9 cm³/mol. The first-order valence-electron chi connectivity index (χ1n) is 5.93. The van der Waals surface area contributed by atoms with E-state index in [1.165, 1.54) is 0 Å². The van der Waals surface area contributed by atoms with Crippen LogP contribution in [0, 0.1) is 0 Å². The minimum absolute atomic E-state index is 0.0329. The molecular weight excluding hydrogens is 232 g/mol. The van der Waals surface area contributed by atoms with Crippen LogP contribution in [0.5, 0.6) is 0 Å². The summed E-state index contributed by atoms with van der Waals surface area (Å²) in [5.74, 6) is -0.0329. The van der Waals surface area contributed by atoms with E-state index in [1.54, 1.807) is 6.92 Å². The zero-order valence-electron chi connectivity index (χ0n) is 10.4. The molecule has 0 aliphatic heterocycles. The van der Waals surface area contributed by atoms with Crippen LogP contribution < -0.4 is 10.6 Å². The molecule has 0 radical (unpaired) electrons. The Balaban J connectivity index is 2.09. The summed E-state index contributed by atoms with van der Waals surface area (Å²) in [6.45, 7) is 2.79. The number of ether oxygens (including phenoxy) is 1. The van der Waals surface area contributed by atoms with Crippen molar-refractivity contribution in [2.75, 3.05) is 13.1 Å². The third kappa shape index (κ3) is 5.89. The van der Waals surface area contributed by atoms with Gasteiger partial charge in [-0.2, -0.15) is 0 Å². The summed E-state index contributed by atoms with van der Waals surface area (Å²) < 4.78 is 5.00. The molecular formula is C13H18N2O3. The number of hydrogen-bond acceptors (Lipinski definition) is 3. The lowest BCUT2D eigenvalue weighted by molar-refractivity contribution is -0.120. The van der Waals surface area contributed by atoms with Crippen LogP contribution in [0.2, 0.25) is 0 Å². The van der Waals surface area contributed by atoms with Crippen molar-refractivity contribution in [2.24, 2.45) is 0 Å². The van der Waals surface area contributed by atoms with Gasteiger partial charge in [-0.25, -0.2) is 4.79 Å². The van der Waals surface area contributed by atoms with Crippen LogP contribution in [0.3, 0.4) is 0 Å². The van der Waals surface area contributed by atoms with E-state index in [9.17, 15) is 9.59 Å². The first kappa shape index (κ1) is 14.0. The van der Waals surface area contributed by atoms with Crippen LogP contribution in [0.15, 0.2) is 30.3 Å². The first-order chi connectivity index (χ1) is 8.72. The van der Waals surface area contributed by atoms with E-state index >= 15 is 0 Å². The number of hydrogen-bond donors (Lipinski definition) is 2. The van der Waals surface area contributed by atoms with Crippen LogP contribution in [0.1, 0.15) is 18.9 Å². The SMILES string of the molecule is CCC(=O)NCCNC(=O)OCc1ccccc1. The molecule has 0 saturated heterocycles. The van der Waals surface area contributed by atoms with Gasteiger partial charge >= 0.3 is 6.09 Å². The number of nitrogens with one attached hydrogen (secondary N) is 2. The van der Waals surface area contributed by atoms with Crippen molar-refractivity contribution in [3.8, 4) is 0 Å². The van der Waals surface area contributed by atoms with Crippen LogP contribution in [-0.4, -0.2) is 25.1 Å². The van der Waals surface area contributed by atoms with E-state index in [4.69, 9.17) is 4.74 Å². The van der Waals surface area contributed by atoms with Gasteiger partial charge in [0.1, 0.15) is 6.61 Å². The van der Waals surface area contributed by atoms with Crippen molar-refractivity contribution in [3.05, 3.63) is 35.9 Å². The fraction of sp³-hybridized carbons (Fsp3) is 0.385. The number of amides is 2. The molecule has 0 aliphatic rings. The monoisotopic (exact) mass is 250 g/mol. The Labute approximate surface area is 107 Å². The Morgan fingerprint density at radius 2 is 1.78 bits per heavy atom. The van der Waals surface area contributed by atoms with Gasteiger partial charge in [0.25, 0.3) is 0 Å². The Morgan fingerprint density at radius 3 is 2.44 bits per heavy atom. The van der Waals surface area contributed by atoms with Crippen LogP contribution in [0.4, 0.5) is 4.79 Å². The Hall–Kier alpha value is -2.04. The van der Waals surface area contributed by atoms with Gasteiger partial charge in [-0.05, 0) is 5.56 Å². The summed E-state index contributed by atoms with van der Waals surface area (Å²) in [6, 6.07) is 9.44. The second-order valence-corrected chi connectivity index (χ2v) is 3.69. The average Bonchev–Trinajstić information content (AvgIpc) is 2.42. The number of benzene rings is 1. The normalized spacial score (nSPS) is 9.61. The highest BCUT2D eigenvalue weighted by atomic mass is 16.5. The highest BCUT2D eigenvalue weighted by Gasteiger charge is 2.02. The van der Waals surface area contributed by atoms with Crippen molar-refractivity contribution >= 4 is 12.0 Å². The second-order valence-electron chi connectivity index (χ2n) is 3.69. The standard InChI is InChI=1S/C13H18N2O3/c1-2-12(16)14-8-9-15-13(17)18-10-11-6-4-3-5-7-11/h3-7H,2,8-10H2,1H3,(H,14,16)(H,15,17). The zero-order chi connectivity index (χ0) is 13.2. The minimum atomic E-state index is -0.482. The minimum Gasteiger partial charge on any atom is -0.445 e. The molecule has 0 bridgehead atoms. The molecule has 1 aromatic carbocycles. The molecule has 0 heterocycles. The summed E-state index contributed by atoms with van der Waals surface area (Å²) in [7, 11) is 0. The van der Waals surface area contributed by atoms with Gasteiger partial charge in [0.05, 0.1) is 0 Å². The molecule has 18 heavy (non-hydrogen) atoms. The smallest absolute Gasteiger partial charge is 0.407 e. The summed E-state index contributed by atoms with van der Waals surface area (Å²) in [5.41, 5.74) is 0.937. The summed E-state index contributed by atoms with van der Waals surface area (Å²) in [5, 5.41) is 5.21. The quantitative estimate of drug-likeness (QED) is 0.751. The Kier molecular flexibility index (Phi) is 6.32. The van der Waals surface area contributed by atoms with E-state index in [1.807, 2.05) is 30.3 Å². The van der Waals surface area contributed by atoms with Gasteiger partial charge in [0.2, 0.25) is 5.91 Å². The molecule has 2 N–H and O–H groups in total. The predicted octanol–water partition coefficient (Wildman–Crippen LogP) is 1.44. The van der Waals surface area contributed by atoms with Crippen molar-refractivity contribution in [3.63, 3.8) is 0 Å². The number of carbonyl (C=O) groups excluding carboxylic acids is 2. The van der Waals surface area contributed by atoms with Gasteiger partial charge in [-0.1, -0.05) is 37.3 Å². The van der Waals surface area contributed by atoms with Gasteiger partial charge < -0.3 is 15.4 Å². The lowest BCUT2D eigenvalue weighted by atomic mass is 10.2. The highest BCUT2D eigenvalue weighted by molar-refractivity contribution is 5.75. The van der Waals surface area contributed by atoms with E-state index in [0.717, 1.165) is 5.56 Å². The zero-order valence-corrected chi connectivity index (χ0v) is 10.4. The first-order valence-corrected chi connectivity index (χ1v) is 5.93. The van der Waals surface area contributed by atoms with Crippen molar-refractivity contribution in [2.45, 2.75) is 20.0 Å². The summed E-state index contributed by atoms with van der Waals surface area (Å²) >= 11 is 0. The maximum absolute atomic E-state index is 11.3. The molecule has 2 amide bonds. The fourth-order valence-electron chi connectivity index (χ4n) is 1.27. The fourth-order valence-corrected chi connectivity index (χ4v) is 1.27. The maximum Gasteiger partial charge on any atom is 0.407 e. The second kappa shape index (κ2) is 8.11. The van der Waals surface area contributed by atoms with Gasteiger partial charge in [-0.3, -0.25) is 4.79 Å². The molecule has 0 aliphatic carbocycles. The molecule has 5 nitrogen and oxygen atoms in total. The highest BCUT2D eigenvalue weighted by Crippen LogP contribution is 2.00. The van der Waals surface area contributed by atoms with E-state index in [-0.39, 0.29) is 12.5 Å². The van der Waals surface area contributed by atoms with Gasteiger partial charge in [0, 0.05) is 19.5 Å². The van der Waals surface area contributed by atoms with E-state index < -0.39 is 6.09 Å². The molecule has 98 valence electrons. The molecule has 0 fully saturated rings. The number of alkyl carbamates (subject to hydrolysis) is 1. The Bertz CT molecular complexity index is 379. The molecule has 0 aromatic heterocycles. The molecule has 0 spiro atoms. The average molecular weight is 250 g/mol. The van der Waals surface area contributed by atoms with Crippen molar-refractivity contribution in [1.82, 2.24) is 10.6 Å². The van der Waals surface area contributed by atoms with E-state index in [0.29, 0.717) is 19.5 Å². The molecule has 0 saturated carbocycles. The van der Waals surface area contributed by atoms with Gasteiger partial charge in [-0.15, -0.1) is 0 Å². The molecule has 0 atom stereocenters.